The number of hydrogen-bond acceptors (Lipinski definition) is 3. The first-order chi connectivity index (χ1) is 8.54. The third kappa shape index (κ3) is 2.16. The standard InChI is InChI=1S/C13H15F2N3/c1-9-8-17(2)5-6-18(9)11-4-3-10(7-16)12(14)13(11)15/h3-4,9H,5-6,8H2,1-2H3. The van der Waals surface area contributed by atoms with Gasteiger partial charge in [-0.15, -0.1) is 0 Å². The van der Waals surface area contributed by atoms with Crippen molar-refractivity contribution in [3.8, 4) is 6.07 Å². The van der Waals surface area contributed by atoms with Crippen LogP contribution in [0.1, 0.15) is 12.5 Å². The van der Waals surface area contributed by atoms with Crippen molar-refractivity contribution >= 4 is 5.69 Å². The van der Waals surface area contributed by atoms with E-state index in [9.17, 15) is 8.78 Å². The van der Waals surface area contributed by atoms with E-state index in [2.05, 4.69) is 4.90 Å². The largest absolute Gasteiger partial charge is 0.364 e. The van der Waals surface area contributed by atoms with Gasteiger partial charge in [-0.25, -0.2) is 8.78 Å². The predicted molar refractivity (Wildman–Crippen MR) is 65.4 cm³/mol. The zero-order valence-electron chi connectivity index (χ0n) is 10.5. The number of halogens is 2. The van der Waals surface area contributed by atoms with Gasteiger partial charge >= 0.3 is 0 Å². The van der Waals surface area contributed by atoms with Crippen molar-refractivity contribution in [3.63, 3.8) is 0 Å². The van der Waals surface area contributed by atoms with E-state index in [4.69, 9.17) is 5.26 Å². The molecule has 1 aromatic carbocycles. The summed E-state index contributed by atoms with van der Waals surface area (Å²) in [5.41, 5.74) is -0.00914. The molecule has 0 aromatic heterocycles. The van der Waals surface area contributed by atoms with Crippen LogP contribution in [0.4, 0.5) is 14.5 Å². The van der Waals surface area contributed by atoms with Gasteiger partial charge in [0.05, 0.1) is 11.3 Å². The molecule has 1 saturated heterocycles. The Morgan fingerprint density at radius 1 is 1.28 bits per heavy atom. The first-order valence-electron chi connectivity index (χ1n) is 5.88. The highest BCUT2D eigenvalue weighted by Crippen LogP contribution is 2.26. The van der Waals surface area contributed by atoms with Gasteiger partial charge in [-0.2, -0.15) is 5.26 Å². The lowest BCUT2D eigenvalue weighted by Crippen LogP contribution is -2.50. The minimum absolute atomic E-state index is 0.116. The van der Waals surface area contributed by atoms with Gasteiger partial charge in [0.2, 0.25) is 0 Å². The fourth-order valence-electron chi connectivity index (χ4n) is 2.35. The highest BCUT2D eigenvalue weighted by Gasteiger charge is 2.25. The summed E-state index contributed by atoms with van der Waals surface area (Å²) in [7, 11) is 2.00. The van der Waals surface area contributed by atoms with E-state index >= 15 is 0 Å². The van der Waals surface area contributed by atoms with Gasteiger partial charge < -0.3 is 9.80 Å². The monoisotopic (exact) mass is 251 g/mol. The maximum absolute atomic E-state index is 13.9. The highest BCUT2D eigenvalue weighted by molar-refractivity contribution is 5.53. The molecule has 0 spiro atoms. The lowest BCUT2D eigenvalue weighted by Gasteiger charge is -2.39. The molecule has 0 saturated carbocycles. The summed E-state index contributed by atoms with van der Waals surface area (Å²) in [5.74, 6) is -1.98. The number of benzene rings is 1. The molecule has 1 aliphatic rings. The number of hydrogen-bond donors (Lipinski definition) is 0. The van der Waals surface area contributed by atoms with Crippen LogP contribution >= 0.6 is 0 Å². The fraction of sp³-hybridized carbons (Fsp3) is 0.462. The van der Waals surface area contributed by atoms with E-state index in [-0.39, 0.29) is 17.3 Å². The Morgan fingerprint density at radius 2 is 2.00 bits per heavy atom. The van der Waals surface area contributed by atoms with Crippen molar-refractivity contribution in [3.05, 3.63) is 29.3 Å². The molecule has 1 unspecified atom stereocenters. The van der Waals surface area contributed by atoms with Crippen LogP contribution in [0.15, 0.2) is 12.1 Å². The van der Waals surface area contributed by atoms with Crippen LogP contribution in [0.25, 0.3) is 0 Å². The Labute approximate surface area is 105 Å². The SMILES string of the molecule is CC1CN(C)CCN1c1ccc(C#N)c(F)c1F. The second-order valence-corrected chi connectivity index (χ2v) is 4.68. The molecule has 0 radical (unpaired) electrons. The number of piperazine rings is 1. The molecular weight excluding hydrogens is 236 g/mol. The molecule has 1 fully saturated rings. The summed E-state index contributed by atoms with van der Waals surface area (Å²) in [6.45, 7) is 4.25. The van der Waals surface area contributed by atoms with Crippen molar-refractivity contribution < 1.29 is 8.78 Å². The maximum Gasteiger partial charge on any atom is 0.183 e. The molecule has 0 aliphatic carbocycles. The van der Waals surface area contributed by atoms with E-state index in [1.807, 2.05) is 18.9 Å². The lowest BCUT2D eigenvalue weighted by molar-refractivity contribution is 0.274. The van der Waals surface area contributed by atoms with Gasteiger partial charge in [0.25, 0.3) is 0 Å². The zero-order valence-corrected chi connectivity index (χ0v) is 10.5. The van der Waals surface area contributed by atoms with Crippen molar-refractivity contribution in [2.75, 3.05) is 31.6 Å². The van der Waals surface area contributed by atoms with E-state index in [1.165, 1.54) is 12.1 Å². The van der Waals surface area contributed by atoms with Crippen LogP contribution in [-0.2, 0) is 0 Å². The third-order valence-electron chi connectivity index (χ3n) is 3.32. The number of anilines is 1. The minimum atomic E-state index is -1.05. The topological polar surface area (TPSA) is 30.3 Å². The van der Waals surface area contributed by atoms with Crippen molar-refractivity contribution in [2.24, 2.45) is 0 Å². The second kappa shape index (κ2) is 4.91. The van der Waals surface area contributed by atoms with Gasteiger partial charge in [-0.3, -0.25) is 0 Å². The zero-order chi connectivity index (χ0) is 13.3. The van der Waals surface area contributed by atoms with Crippen LogP contribution in [0, 0.1) is 23.0 Å². The first kappa shape index (κ1) is 12.8. The Morgan fingerprint density at radius 3 is 2.61 bits per heavy atom. The van der Waals surface area contributed by atoms with Crippen LogP contribution in [0.2, 0.25) is 0 Å². The normalized spacial score (nSPS) is 20.8. The molecular formula is C13H15F2N3. The summed E-state index contributed by atoms with van der Waals surface area (Å²) < 4.78 is 27.5. The van der Waals surface area contributed by atoms with E-state index in [0.717, 1.165) is 13.1 Å². The minimum Gasteiger partial charge on any atom is -0.364 e. The summed E-state index contributed by atoms with van der Waals surface area (Å²) in [4.78, 5) is 4.00. The highest BCUT2D eigenvalue weighted by atomic mass is 19.2. The van der Waals surface area contributed by atoms with Crippen molar-refractivity contribution in [1.29, 1.82) is 5.26 Å². The van der Waals surface area contributed by atoms with Crippen LogP contribution in [-0.4, -0.2) is 37.6 Å². The van der Waals surface area contributed by atoms with Gasteiger partial charge in [0.15, 0.2) is 11.6 Å². The molecule has 0 bridgehead atoms. The van der Waals surface area contributed by atoms with Crippen LogP contribution in [0.3, 0.4) is 0 Å². The van der Waals surface area contributed by atoms with Gasteiger partial charge in [0, 0.05) is 25.7 Å². The van der Waals surface area contributed by atoms with Gasteiger partial charge in [0.1, 0.15) is 6.07 Å². The van der Waals surface area contributed by atoms with E-state index < -0.39 is 11.6 Å². The molecule has 0 amide bonds. The second-order valence-electron chi connectivity index (χ2n) is 4.68. The summed E-state index contributed by atoms with van der Waals surface area (Å²) in [6.07, 6.45) is 0. The summed E-state index contributed by atoms with van der Waals surface area (Å²) in [5, 5.41) is 8.65. The number of rotatable bonds is 1. The Hall–Kier alpha value is -1.67. The van der Waals surface area contributed by atoms with Crippen molar-refractivity contribution in [1.82, 2.24) is 4.90 Å². The smallest absolute Gasteiger partial charge is 0.183 e. The van der Waals surface area contributed by atoms with E-state index in [0.29, 0.717) is 6.54 Å². The molecule has 2 rings (SSSR count). The molecule has 18 heavy (non-hydrogen) atoms. The number of likely N-dealkylation sites (N-methyl/N-ethyl adjacent to an activating group) is 1. The van der Waals surface area contributed by atoms with E-state index in [1.54, 1.807) is 6.07 Å². The molecule has 0 N–H and O–H groups in total. The fourth-order valence-corrected chi connectivity index (χ4v) is 2.35. The predicted octanol–water partition coefficient (Wildman–Crippen LogP) is 1.98. The summed E-state index contributed by atoms with van der Waals surface area (Å²) >= 11 is 0. The Bertz CT molecular complexity index is 496. The number of nitrogens with zero attached hydrogens (tertiary/aromatic N) is 3. The molecule has 1 aromatic rings. The quantitative estimate of drug-likeness (QED) is 0.764. The Kier molecular flexibility index (Phi) is 3.48. The average Bonchev–Trinajstić information content (AvgIpc) is 2.34. The molecule has 1 atom stereocenters. The molecule has 96 valence electrons. The van der Waals surface area contributed by atoms with Gasteiger partial charge in [-0.05, 0) is 26.1 Å². The van der Waals surface area contributed by atoms with Gasteiger partial charge in [-0.1, -0.05) is 0 Å². The molecule has 3 nitrogen and oxygen atoms in total. The molecule has 1 heterocycles. The van der Waals surface area contributed by atoms with Crippen molar-refractivity contribution in [2.45, 2.75) is 13.0 Å². The maximum atomic E-state index is 13.9. The molecule has 1 aliphatic heterocycles. The molecule has 5 heteroatoms. The summed E-state index contributed by atoms with van der Waals surface area (Å²) in [6, 6.07) is 4.58. The lowest BCUT2D eigenvalue weighted by atomic mass is 10.1. The number of nitriles is 1. The van der Waals surface area contributed by atoms with Crippen LogP contribution < -0.4 is 4.90 Å². The average molecular weight is 251 g/mol. The Balaban J connectivity index is 2.35. The van der Waals surface area contributed by atoms with Crippen LogP contribution in [0.5, 0.6) is 0 Å². The first-order valence-corrected chi connectivity index (χ1v) is 5.88. The third-order valence-corrected chi connectivity index (χ3v) is 3.32.